The van der Waals surface area contributed by atoms with Gasteiger partial charge in [0.05, 0.1) is 17.6 Å². The van der Waals surface area contributed by atoms with Crippen molar-refractivity contribution in [1.82, 2.24) is 29.6 Å². The molecular weight excluding hydrogens is 781 g/mol. The lowest BCUT2D eigenvalue weighted by molar-refractivity contribution is -0.116. The third-order valence-electron chi connectivity index (χ3n) is 13.5. The van der Waals surface area contributed by atoms with Crippen LogP contribution in [0.2, 0.25) is 0 Å². The molecule has 8 rings (SSSR count). The number of amides is 3. The quantitative estimate of drug-likeness (QED) is 0.0539. The minimum absolute atomic E-state index is 0.0931. The molecular formula is C48H62N10O4. The van der Waals surface area contributed by atoms with Crippen molar-refractivity contribution in [3.05, 3.63) is 106 Å². The standard InChI is InChI=1S/C48H62N10O4/c1-31-23-34(12-15-38(31)35-5-4-18-57(28-35)43(46(50)51)25-42(49)39-6-2-3-7-44(39)60)48(62)56-21-19-55(20-22-56)27-32-8-13-37(14-9-32)58-29-41(33-10-11-33)40-24-36(26-53-47(40)58)54-45(61)16-17-52-30-59/h2-3,6-7,12,15,23-26,29-30,32-33,35,37,60H,4-5,8-11,13-14,16-22,27-28,49-51H2,1H3,(H,52,59)(H,54,61)/b42-25-. The fourth-order valence-corrected chi connectivity index (χ4v) is 9.99. The number of pyridine rings is 1. The summed E-state index contributed by atoms with van der Waals surface area (Å²) in [5.41, 5.74) is 26.5. The smallest absolute Gasteiger partial charge is 0.253 e. The minimum Gasteiger partial charge on any atom is -0.507 e. The van der Waals surface area contributed by atoms with Crippen molar-refractivity contribution in [2.75, 3.05) is 57.7 Å². The van der Waals surface area contributed by atoms with Crippen LogP contribution >= 0.6 is 0 Å². The summed E-state index contributed by atoms with van der Waals surface area (Å²) in [5.74, 6) is 1.65. The number of hydrogen-bond donors (Lipinski definition) is 6. The SMILES string of the molecule is Cc1cc(C(=O)N2CCN(CC3CCC(n4cc(C5CC5)c5cc(NC(=O)CCNC=O)cnc54)CC3)CC2)ccc1C1CCCN(C(/C=C(\N)c2ccccc2O)=C(N)N)C1. The largest absolute Gasteiger partial charge is 0.507 e. The number of nitrogens with two attached hydrogens (primary N) is 3. The van der Waals surface area contributed by atoms with Gasteiger partial charge in [-0.25, -0.2) is 4.98 Å². The maximum Gasteiger partial charge on any atom is 0.253 e. The number of carbonyl (C=O) groups is 3. The van der Waals surface area contributed by atoms with Gasteiger partial charge in [0.15, 0.2) is 0 Å². The number of allylic oxidation sites excluding steroid dienone is 1. The van der Waals surface area contributed by atoms with Crippen LogP contribution in [0.5, 0.6) is 5.75 Å². The van der Waals surface area contributed by atoms with E-state index >= 15 is 0 Å². The van der Waals surface area contributed by atoms with E-state index < -0.39 is 0 Å². The van der Waals surface area contributed by atoms with Gasteiger partial charge >= 0.3 is 0 Å². The number of nitrogens with zero attached hydrogens (tertiary/aromatic N) is 5. The van der Waals surface area contributed by atoms with Crippen LogP contribution in [0.1, 0.15) is 108 Å². The van der Waals surface area contributed by atoms with E-state index in [2.05, 4.69) is 56.3 Å². The summed E-state index contributed by atoms with van der Waals surface area (Å²) in [6, 6.07) is 15.6. The monoisotopic (exact) mass is 842 g/mol. The van der Waals surface area contributed by atoms with Crippen LogP contribution in [0.3, 0.4) is 0 Å². The summed E-state index contributed by atoms with van der Waals surface area (Å²) in [5, 5.41) is 17.0. The van der Waals surface area contributed by atoms with Crippen LogP contribution < -0.4 is 27.8 Å². The van der Waals surface area contributed by atoms with Crippen molar-refractivity contribution in [3.8, 4) is 5.75 Å². The number of rotatable bonds is 14. The Morgan fingerprint density at radius 1 is 0.887 bits per heavy atom. The molecule has 328 valence electrons. The third kappa shape index (κ3) is 9.70. The predicted molar refractivity (Wildman–Crippen MR) is 243 cm³/mol. The lowest BCUT2D eigenvalue weighted by Crippen LogP contribution is -2.50. The van der Waals surface area contributed by atoms with Gasteiger partial charge < -0.3 is 47.3 Å². The van der Waals surface area contributed by atoms with Crippen LogP contribution in [0.15, 0.2) is 78.5 Å². The number of phenols is 1. The van der Waals surface area contributed by atoms with Gasteiger partial charge in [-0.3, -0.25) is 19.3 Å². The second-order valence-corrected chi connectivity index (χ2v) is 17.8. The Morgan fingerprint density at radius 3 is 2.37 bits per heavy atom. The van der Waals surface area contributed by atoms with E-state index in [1.165, 1.54) is 24.0 Å². The van der Waals surface area contributed by atoms with E-state index in [0.717, 1.165) is 100.0 Å². The first-order valence-corrected chi connectivity index (χ1v) is 22.4. The van der Waals surface area contributed by atoms with E-state index in [1.807, 2.05) is 17.0 Å². The van der Waals surface area contributed by atoms with Crippen molar-refractivity contribution >= 4 is 40.6 Å². The Balaban J connectivity index is 0.823. The van der Waals surface area contributed by atoms with Crippen molar-refractivity contribution < 1.29 is 19.5 Å². The molecule has 14 heteroatoms. The highest BCUT2D eigenvalue weighted by atomic mass is 16.3. The van der Waals surface area contributed by atoms with Gasteiger partial charge in [-0.05, 0) is 123 Å². The molecule has 0 spiro atoms. The third-order valence-corrected chi connectivity index (χ3v) is 13.5. The number of aromatic nitrogens is 2. The van der Waals surface area contributed by atoms with Crippen molar-refractivity contribution in [2.24, 2.45) is 23.1 Å². The highest BCUT2D eigenvalue weighted by Crippen LogP contribution is 2.46. The van der Waals surface area contributed by atoms with Crippen molar-refractivity contribution in [1.29, 1.82) is 0 Å². The number of para-hydroxylation sites is 1. The van der Waals surface area contributed by atoms with Crippen molar-refractivity contribution in [3.63, 3.8) is 0 Å². The highest BCUT2D eigenvalue weighted by Gasteiger charge is 2.32. The molecule has 2 saturated carbocycles. The second-order valence-electron chi connectivity index (χ2n) is 17.8. The summed E-state index contributed by atoms with van der Waals surface area (Å²) < 4.78 is 2.41. The number of fused-ring (bicyclic) bond motifs is 1. The molecule has 4 heterocycles. The van der Waals surface area contributed by atoms with Crippen LogP contribution in [-0.4, -0.2) is 99.9 Å². The normalized spacial score (nSPS) is 21.1. The van der Waals surface area contributed by atoms with Gasteiger partial charge in [0.1, 0.15) is 17.2 Å². The predicted octanol–water partition coefficient (Wildman–Crippen LogP) is 5.46. The zero-order valence-corrected chi connectivity index (χ0v) is 35.9. The van der Waals surface area contributed by atoms with E-state index in [9.17, 15) is 19.5 Å². The maximum atomic E-state index is 13.8. The number of hydrogen-bond acceptors (Lipinski definition) is 10. The van der Waals surface area contributed by atoms with Crippen LogP contribution in [0, 0.1) is 12.8 Å². The van der Waals surface area contributed by atoms with Gasteiger partial charge in [-0.15, -0.1) is 0 Å². The number of benzene rings is 2. The number of carbonyl (C=O) groups excluding carboxylic acids is 3. The maximum absolute atomic E-state index is 13.8. The van der Waals surface area contributed by atoms with Gasteiger partial charge in [0.2, 0.25) is 12.3 Å². The molecule has 1 atom stereocenters. The molecule has 4 aliphatic rings. The van der Waals surface area contributed by atoms with E-state index in [1.54, 1.807) is 30.5 Å². The highest BCUT2D eigenvalue weighted by molar-refractivity contribution is 5.95. The molecule has 4 fully saturated rings. The first-order valence-electron chi connectivity index (χ1n) is 22.4. The zero-order chi connectivity index (χ0) is 43.3. The lowest BCUT2D eigenvalue weighted by Gasteiger charge is -2.38. The molecule has 62 heavy (non-hydrogen) atoms. The Kier molecular flexibility index (Phi) is 13.0. The molecule has 14 nitrogen and oxygen atoms in total. The molecule has 9 N–H and O–H groups in total. The number of piperidine rings is 1. The molecule has 4 aromatic rings. The van der Waals surface area contributed by atoms with E-state index in [-0.39, 0.29) is 35.7 Å². The summed E-state index contributed by atoms with van der Waals surface area (Å²) in [6.45, 7) is 8.18. The zero-order valence-electron chi connectivity index (χ0n) is 35.9. The number of phenolic OH excluding ortho intramolecular Hbond substituents is 1. The van der Waals surface area contributed by atoms with Crippen LogP contribution in [-0.2, 0) is 9.59 Å². The molecule has 1 unspecified atom stereocenters. The van der Waals surface area contributed by atoms with Gasteiger partial charge in [-0.1, -0.05) is 18.2 Å². The lowest BCUT2D eigenvalue weighted by atomic mass is 9.85. The average molecular weight is 843 g/mol. The van der Waals surface area contributed by atoms with Gasteiger partial charge in [0.25, 0.3) is 5.91 Å². The van der Waals surface area contributed by atoms with E-state index in [0.29, 0.717) is 60.0 Å². The molecule has 0 bridgehead atoms. The molecule has 2 aromatic carbocycles. The first-order chi connectivity index (χ1) is 30.1. The van der Waals surface area contributed by atoms with Crippen LogP contribution in [0.4, 0.5) is 5.69 Å². The molecule has 2 aliphatic heterocycles. The molecule has 2 aliphatic carbocycles. The van der Waals surface area contributed by atoms with Gasteiger partial charge in [-0.2, -0.15) is 0 Å². The van der Waals surface area contributed by atoms with Gasteiger partial charge in [0, 0.05) is 99.1 Å². The summed E-state index contributed by atoms with van der Waals surface area (Å²) in [7, 11) is 0. The molecule has 2 aromatic heterocycles. The molecule has 0 radical (unpaired) electrons. The minimum atomic E-state index is -0.143. The number of likely N-dealkylation sites (tertiary alicyclic amines) is 1. The molecule has 2 saturated heterocycles. The summed E-state index contributed by atoms with van der Waals surface area (Å²) >= 11 is 0. The van der Waals surface area contributed by atoms with E-state index in [4.69, 9.17) is 22.2 Å². The van der Waals surface area contributed by atoms with Crippen LogP contribution in [0.25, 0.3) is 16.7 Å². The Bertz CT molecular complexity index is 2330. The van der Waals surface area contributed by atoms with Crippen molar-refractivity contribution in [2.45, 2.75) is 82.6 Å². The fourth-order valence-electron chi connectivity index (χ4n) is 9.99. The number of aromatic hydroxyl groups is 1. The Labute approximate surface area is 364 Å². The number of piperazine rings is 1. The second kappa shape index (κ2) is 18.9. The fraction of sp³-hybridized carbons (Fsp3) is 0.458. The summed E-state index contributed by atoms with van der Waals surface area (Å²) in [6.07, 6.45) is 15.6. The average Bonchev–Trinajstić information content (AvgIpc) is 4.06. The number of aryl methyl sites for hydroxylation is 1. The Hall–Kier alpha value is -6.02. The molecule has 3 amide bonds. The first kappa shape index (κ1) is 42.7. The number of nitrogens with one attached hydrogen (secondary N) is 2. The summed E-state index contributed by atoms with van der Waals surface area (Å²) in [4.78, 5) is 48.4. The Morgan fingerprint density at radius 2 is 1.66 bits per heavy atom. The topological polar surface area (TPSA) is 201 Å². The number of anilines is 1.